The molecule has 32 heavy (non-hydrogen) atoms. The zero-order valence-corrected chi connectivity index (χ0v) is 19.1. The molecule has 2 aliphatic heterocycles. The SMILES string of the molecule is Cc1ccc(CN2CCN(C3CCN(C(=O)Cc4ccccc4Cl)CC3)C(=O)C2=O)cc1. The Morgan fingerprint density at radius 1 is 0.938 bits per heavy atom. The van der Waals surface area contributed by atoms with E-state index in [0.717, 1.165) is 16.7 Å². The van der Waals surface area contributed by atoms with Gasteiger partial charge in [-0.05, 0) is 37.0 Å². The molecule has 0 aromatic heterocycles. The minimum absolute atomic E-state index is 0.00246. The Kier molecular flexibility index (Phi) is 6.80. The topological polar surface area (TPSA) is 60.9 Å². The summed E-state index contributed by atoms with van der Waals surface area (Å²) in [6.45, 7) is 4.71. The van der Waals surface area contributed by atoms with Crippen LogP contribution in [-0.4, -0.2) is 64.6 Å². The van der Waals surface area contributed by atoms with Gasteiger partial charge in [0.15, 0.2) is 0 Å². The van der Waals surface area contributed by atoms with E-state index in [-0.39, 0.29) is 18.4 Å². The molecule has 168 valence electrons. The van der Waals surface area contributed by atoms with E-state index in [2.05, 4.69) is 0 Å². The van der Waals surface area contributed by atoms with E-state index < -0.39 is 11.8 Å². The third-order valence-corrected chi connectivity index (χ3v) is 6.76. The zero-order chi connectivity index (χ0) is 22.7. The van der Waals surface area contributed by atoms with Gasteiger partial charge in [0, 0.05) is 43.8 Å². The maximum atomic E-state index is 12.8. The summed E-state index contributed by atoms with van der Waals surface area (Å²) in [7, 11) is 0. The summed E-state index contributed by atoms with van der Waals surface area (Å²) >= 11 is 6.18. The Hall–Kier alpha value is -2.86. The molecule has 2 aliphatic rings. The smallest absolute Gasteiger partial charge is 0.312 e. The molecular weight excluding hydrogens is 426 g/mol. The lowest BCUT2D eigenvalue weighted by Gasteiger charge is -2.42. The number of hydrogen-bond donors (Lipinski definition) is 0. The van der Waals surface area contributed by atoms with Gasteiger partial charge in [0.05, 0.1) is 6.42 Å². The van der Waals surface area contributed by atoms with Crippen molar-refractivity contribution < 1.29 is 14.4 Å². The highest BCUT2D eigenvalue weighted by Crippen LogP contribution is 2.22. The molecule has 0 aliphatic carbocycles. The van der Waals surface area contributed by atoms with E-state index in [1.807, 2.05) is 54.3 Å². The maximum absolute atomic E-state index is 12.8. The lowest BCUT2D eigenvalue weighted by atomic mass is 10.0. The average molecular weight is 454 g/mol. The van der Waals surface area contributed by atoms with Crippen LogP contribution in [0.3, 0.4) is 0 Å². The fourth-order valence-corrected chi connectivity index (χ4v) is 4.65. The van der Waals surface area contributed by atoms with Gasteiger partial charge in [-0.15, -0.1) is 0 Å². The summed E-state index contributed by atoms with van der Waals surface area (Å²) in [4.78, 5) is 43.4. The van der Waals surface area contributed by atoms with Gasteiger partial charge >= 0.3 is 11.8 Å². The van der Waals surface area contributed by atoms with E-state index in [1.54, 1.807) is 15.9 Å². The number of aryl methyl sites for hydroxylation is 1. The lowest BCUT2D eigenvalue weighted by molar-refractivity contribution is -0.159. The molecule has 2 fully saturated rings. The van der Waals surface area contributed by atoms with Gasteiger partial charge in [-0.25, -0.2) is 0 Å². The van der Waals surface area contributed by atoms with Crippen LogP contribution in [0.4, 0.5) is 0 Å². The maximum Gasteiger partial charge on any atom is 0.312 e. The molecule has 0 N–H and O–H groups in total. The molecule has 0 unspecified atom stereocenters. The number of carbonyl (C=O) groups excluding carboxylic acids is 3. The normalized spacial score (nSPS) is 17.8. The molecule has 2 aromatic carbocycles. The van der Waals surface area contributed by atoms with E-state index >= 15 is 0 Å². The molecular formula is C25H28ClN3O3. The summed E-state index contributed by atoms with van der Waals surface area (Å²) in [5.41, 5.74) is 3.01. The second-order valence-electron chi connectivity index (χ2n) is 8.59. The molecule has 2 heterocycles. The second-order valence-corrected chi connectivity index (χ2v) is 9.00. The van der Waals surface area contributed by atoms with Gasteiger partial charge in [-0.3, -0.25) is 14.4 Å². The van der Waals surface area contributed by atoms with Crippen molar-refractivity contribution in [3.63, 3.8) is 0 Å². The van der Waals surface area contributed by atoms with Crippen LogP contribution in [0.15, 0.2) is 48.5 Å². The number of rotatable bonds is 5. The standard InChI is InChI=1S/C25H28ClN3O3/c1-18-6-8-19(9-7-18)17-28-14-15-29(25(32)24(28)31)21-10-12-27(13-11-21)23(30)16-20-4-2-3-5-22(20)26/h2-9,21H,10-17H2,1H3. The van der Waals surface area contributed by atoms with Gasteiger partial charge in [0.1, 0.15) is 0 Å². The van der Waals surface area contributed by atoms with Crippen molar-refractivity contribution in [3.8, 4) is 0 Å². The quantitative estimate of drug-likeness (QED) is 0.654. The summed E-state index contributed by atoms with van der Waals surface area (Å²) < 4.78 is 0. The van der Waals surface area contributed by atoms with Crippen LogP contribution in [0.1, 0.15) is 29.5 Å². The van der Waals surface area contributed by atoms with E-state index in [1.165, 1.54) is 0 Å². The molecule has 0 bridgehead atoms. The third kappa shape index (κ3) is 4.96. The zero-order valence-electron chi connectivity index (χ0n) is 18.3. The second kappa shape index (κ2) is 9.74. The fourth-order valence-electron chi connectivity index (χ4n) is 4.45. The van der Waals surface area contributed by atoms with Gasteiger partial charge < -0.3 is 14.7 Å². The van der Waals surface area contributed by atoms with Crippen LogP contribution >= 0.6 is 11.6 Å². The van der Waals surface area contributed by atoms with Gasteiger partial charge in [0.25, 0.3) is 0 Å². The Balaban J connectivity index is 1.30. The molecule has 0 spiro atoms. The van der Waals surface area contributed by atoms with Crippen LogP contribution in [0.2, 0.25) is 5.02 Å². The lowest BCUT2D eigenvalue weighted by Crippen LogP contribution is -2.59. The number of likely N-dealkylation sites (tertiary alicyclic amines) is 1. The van der Waals surface area contributed by atoms with E-state index in [0.29, 0.717) is 50.6 Å². The van der Waals surface area contributed by atoms with Crippen molar-refractivity contribution in [1.82, 2.24) is 14.7 Å². The number of piperidine rings is 1. The number of amides is 3. The Morgan fingerprint density at radius 3 is 2.31 bits per heavy atom. The number of benzene rings is 2. The largest absolute Gasteiger partial charge is 0.342 e. The minimum Gasteiger partial charge on any atom is -0.342 e. The number of nitrogens with zero attached hydrogens (tertiary/aromatic N) is 3. The van der Waals surface area contributed by atoms with Crippen LogP contribution in [0.5, 0.6) is 0 Å². The molecule has 0 atom stereocenters. The first kappa shape index (κ1) is 22.3. The van der Waals surface area contributed by atoms with Crippen LogP contribution in [0.25, 0.3) is 0 Å². The van der Waals surface area contributed by atoms with Crippen LogP contribution in [0, 0.1) is 6.92 Å². The average Bonchev–Trinajstić information content (AvgIpc) is 2.80. The number of hydrogen-bond acceptors (Lipinski definition) is 3. The highest BCUT2D eigenvalue weighted by molar-refractivity contribution is 6.35. The predicted octanol–water partition coefficient (Wildman–Crippen LogP) is 3.05. The Bertz CT molecular complexity index is 1000. The van der Waals surface area contributed by atoms with Crippen molar-refractivity contribution in [1.29, 1.82) is 0 Å². The van der Waals surface area contributed by atoms with Crippen molar-refractivity contribution in [2.75, 3.05) is 26.2 Å². The van der Waals surface area contributed by atoms with Crippen molar-refractivity contribution in [2.24, 2.45) is 0 Å². The van der Waals surface area contributed by atoms with Crippen molar-refractivity contribution in [3.05, 3.63) is 70.2 Å². The summed E-state index contributed by atoms with van der Waals surface area (Å²) in [5, 5.41) is 0.600. The fraction of sp³-hybridized carbons (Fsp3) is 0.400. The summed E-state index contributed by atoms with van der Waals surface area (Å²) in [5.74, 6) is -0.819. The molecule has 2 aromatic rings. The molecule has 0 radical (unpaired) electrons. The van der Waals surface area contributed by atoms with E-state index in [4.69, 9.17) is 11.6 Å². The predicted molar refractivity (Wildman–Crippen MR) is 123 cm³/mol. The molecule has 6 nitrogen and oxygen atoms in total. The van der Waals surface area contributed by atoms with Crippen LogP contribution < -0.4 is 0 Å². The summed E-state index contributed by atoms with van der Waals surface area (Å²) in [6.07, 6.45) is 1.65. The number of carbonyl (C=O) groups is 3. The Morgan fingerprint density at radius 2 is 1.62 bits per heavy atom. The van der Waals surface area contributed by atoms with Crippen LogP contribution in [-0.2, 0) is 27.3 Å². The monoisotopic (exact) mass is 453 g/mol. The number of halogens is 1. The minimum atomic E-state index is -0.436. The Labute approximate surface area is 193 Å². The molecule has 3 amide bonds. The molecule has 2 saturated heterocycles. The van der Waals surface area contributed by atoms with E-state index in [9.17, 15) is 14.4 Å². The van der Waals surface area contributed by atoms with Crippen molar-refractivity contribution in [2.45, 2.75) is 38.8 Å². The first-order valence-corrected chi connectivity index (χ1v) is 11.5. The molecule has 0 saturated carbocycles. The van der Waals surface area contributed by atoms with Gasteiger partial charge in [-0.1, -0.05) is 59.6 Å². The highest BCUT2D eigenvalue weighted by Gasteiger charge is 2.37. The molecule has 4 rings (SSSR count). The third-order valence-electron chi connectivity index (χ3n) is 6.39. The first-order chi connectivity index (χ1) is 15.4. The first-order valence-electron chi connectivity index (χ1n) is 11.1. The van der Waals surface area contributed by atoms with Crippen molar-refractivity contribution >= 4 is 29.3 Å². The van der Waals surface area contributed by atoms with Gasteiger partial charge in [-0.2, -0.15) is 0 Å². The number of piperazine rings is 1. The molecule has 7 heteroatoms. The van der Waals surface area contributed by atoms with Gasteiger partial charge in [0.2, 0.25) is 5.91 Å². The summed E-state index contributed by atoms with van der Waals surface area (Å²) in [6, 6.07) is 15.4. The highest BCUT2D eigenvalue weighted by atomic mass is 35.5.